The van der Waals surface area contributed by atoms with Crippen molar-refractivity contribution in [3.63, 3.8) is 0 Å². The standard InChI is InChI=1S/C36H45N5O2/c1-23(2)34(40-36(42)43-4)24(3)41-19-7-10-33(41)31-20-30(21-37-31)27-13-11-25(12-14-27)26-15-17-28(18-16-26)32-22-38-35(39-32)29-8-5-6-9-29/h11-18,20,22-24,29,33-34H,5-10,19,21H2,1-4H3,(H,38,39)(H,40,42)/t24?,33-,34-/m0/s1. The van der Waals surface area contributed by atoms with Gasteiger partial charge in [0.25, 0.3) is 0 Å². The number of aromatic nitrogens is 2. The minimum atomic E-state index is -0.368. The fraction of sp³-hybridized carbons (Fsp3) is 0.472. The molecule has 1 saturated heterocycles. The molecule has 3 heterocycles. The number of methoxy groups -OCH3 is 1. The maximum absolute atomic E-state index is 12.0. The Bertz CT molecular complexity index is 1460. The molecule has 2 fully saturated rings. The summed E-state index contributed by atoms with van der Waals surface area (Å²) in [5.41, 5.74) is 8.34. The minimum absolute atomic E-state index is 0.00833. The molecule has 2 aliphatic heterocycles. The SMILES string of the molecule is COC(=O)N[C@@H](C(C)C)C(C)N1CCC[C@H]1C1=NCC(c2ccc(-c3ccc(-c4cnc(C5CCCC5)[nH]4)cc3)cc2)=C1. The van der Waals surface area contributed by atoms with Crippen molar-refractivity contribution < 1.29 is 9.53 Å². The second-order valence-corrected chi connectivity index (χ2v) is 12.8. The summed E-state index contributed by atoms with van der Waals surface area (Å²) < 4.78 is 4.90. The number of ether oxygens (including phenoxy) is 1. The van der Waals surface area contributed by atoms with E-state index in [1.165, 1.54) is 60.6 Å². The first kappa shape index (κ1) is 29.4. The van der Waals surface area contributed by atoms with E-state index in [0.29, 0.717) is 18.4 Å². The normalized spacial score (nSPS) is 20.7. The van der Waals surface area contributed by atoms with Crippen LogP contribution in [0.2, 0.25) is 0 Å². The smallest absolute Gasteiger partial charge is 0.407 e. The number of imidazole rings is 1. The van der Waals surface area contributed by atoms with E-state index in [1.807, 2.05) is 6.20 Å². The Morgan fingerprint density at radius 2 is 1.58 bits per heavy atom. The van der Waals surface area contributed by atoms with Crippen molar-refractivity contribution in [2.24, 2.45) is 10.9 Å². The monoisotopic (exact) mass is 579 g/mol. The van der Waals surface area contributed by atoms with Gasteiger partial charge in [-0.3, -0.25) is 9.89 Å². The largest absolute Gasteiger partial charge is 0.453 e. The molecule has 1 aliphatic carbocycles. The van der Waals surface area contributed by atoms with Crippen LogP contribution in [0, 0.1) is 5.92 Å². The first-order chi connectivity index (χ1) is 20.9. The van der Waals surface area contributed by atoms with Gasteiger partial charge in [0.2, 0.25) is 0 Å². The molecule has 2 N–H and O–H groups in total. The second-order valence-electron chi connectivity index (χ2n) is 12.8. The molecule has 0 spiro atoms. The summed E-state index contributed by atoms with van der Waals surface area (Å²) in [5.74, 6) is 2.03. The average molecular weight is 580 g/mol. The highest BCUT2D eigenvalue weighted by atomic mass is 16.5. The summed E-state index contributed by atoms with van der Waals surface area (Å²) in [7, 11) is 1.42. The Kier molecular flexibility index (Phi) is 8.80. The van der Waals surface area contributed by atoms with Crippen LogP contribution < -0.4 is 5.32 Å². The topological polar surface area (TPSA) is 82.6 Å². The van der Waals surface area contributed by atoms with Crippen LogP contribution in [0.15, 0.2) is 65.8 Å². The molecule has 1 amide bonds. The fourth-order valence-electron chi connectivity index (χ4n) is 7.27. The van der Waals surface area contributed by atoms with Gasteiger partial charge in [-0.1, -0.05) is 75.2 Å². The maximum atomic E-state index is 12.0. The summed E-state index contributed by atoms with van der Waals surface area (Å²) in [6, 6.07) is 18.1. The van der Waals surface area contributed by atoms with Crippen molar-refractivity contribution in [2.75, 3.05) is 20.2 Å². The molecule has 226 valence electrons. The third-order valence-corrected chi connectivity index (χ3v) is 9.74. The number of aromatic amines is 1. The lowest BCUT2D eigenvalue weighted by molar-refractivity contribution is 0.132. The Morgan fingerprint density at radius 3 is 2.23 bits per heavy atom. The highest BCUT2D eigenvalue weighted by Crippen LogP contribution is 2.34. The zero-order valence-electron chi connectivity index (χ0n) is 26.0. The quantitative estimate of drug-likeness (QED) is 0.275. The second kappa shape index (κ2) is 12.9. The molecule has 3 aromatic rings. The molecular formula is C36H45N5O2. The predicted molar refractivity (Wildman–Crippen MR) is 174 cm³/mol. The van der Waals surface area contributed by atoms with Crippen molar-refractivity contribution in [2.45, 2.75) is 83.3 Å². The number of rotatable bonds is 9. The summed E-state index contributed by atoms with van der Waals surface area (Å²) in [6.07, 6.45) is 11.3. The maximum Gasteiger partial charge on any atom is 0.407 e. The van der Waals surface area contributed by atoms with Gasteiger partial charge in [-0.25, -0.2) is 9.78 Å². The number of hydrogen-bond acceptors (Lipinski definition) is 5. The number of benzene rings is 2. The average Bonchev–Trinajstić information content (AvgIpc) is 3.86. The molecular weight excluding hydrogens is 534 g/mol. The number of alkyl carbamates (subject to hydrolysis) is 1. The van der Waals surface area contributed by atoms with Crippen LogP contribution >= 0.6 is 0 Å². The molecule has 0 bridgehead atoms. The number of hydrogen-bond donors (Lipinski definition) is 2. The van der Waals surface area contributed by atoms with E-state index in [1.54, 1.807) is 0 Å². The Hall–Kier alpha value is -3.71. The van der Waals surface area contributed by atoms with E-state index >= 15 is 0 Å². The molecule has 7 nitrogen and oxygen atoms in total. The highest BCUT2D eigenvalue weighted by Gasteiger charge is 2.37. The molecule has 6 rings (SSSR count). The van der Waals surface area contributed by atoms with Crippen LogP contribution in [0.3, 0.4) is 0 Å². The van der Waals surface area contributed by atoms with Crippen molar-refractivity contribution in [3.8, 4) is 22.4 Å². The van der Waals surface area contributed by atoms with Gasteiger partial charge in [0, 0.05) is 18.0 Å². The third kappa shape index (κ3) is 6.32. The fourth-order valence-corrected chi connectivity index (χ4v) is 7.27. The first-order valence-corrected chi connectivity index (χ1v) is 16.0. The highest BCUT2D eigenvalue weighted by molar-refractivity contribution is 6.08. The Morgan fingerprint density at radius 1 is 0.930 bits per heavy atom. The van der Waals surface area contributed by atoms with Crippen LogP contribution in [-0.4, -0.2) is 65.0 Å². The van der Waals surface area contributed by atoms with Crippen molar-refractivity contribution in [1.82, 2.24) is 20.2 Å². The lowest BCUT2D eigenvalue weighted by atomic mass is 9.95. The molecule has 0 radical (unpaired) electrons. The van der Waals surface area contributed by atoms with E-state index in [4.69, 9.17) is 9.73 Å². The molecule has 1 saturated carbocycles. The molecule has 3 aliphatic rings. The van der Waals surface area contributed by atoms with Crippen molar-refractivity contribution in [1.29, 1.82) is 0 Å². The minimum Gasteiger partial charge on any atom is -0.453 e. The van der Waals surface area contributed by atoms with Crippen molar-refractivity contribution in [3.05, 3.63) is 72.2 Å². The number of H-pyrrole nitrogens is 1. The van der Waals surface area contributed by atoms with Gasteiger partial charge in [0.1, 0.15) is 5.82 Å². The van der Waals surface area contributed by atoms with Crippen molar-refractivity contribution >= 4 is 17.4 Å². The van der Waals surface area contributed by atoms with Gasteiger partial charge in [-0.15, -0.1) is 0 Å². The van der Waals surface area contributed by atoms with E-state index < -0.39 is 0 Å². The third-order valence-electron chi connectivity index (χ3n) is 9.74. The van der Waals surface area contributed by atoms with Crippen LogP contribution in [0.4, 0.5) is 4.79 Å². The summed E-state index contributed by atoms with van der Waals surface area (Å²) >= 11 is 0. The summed E-state index contributed by atoms with van der Waals surface area (Å²) in [6.45, 7) is 8.24. The zero-order valence-corrected chi connectivity index (χ0v) is 26.0. The van der Waals surface area contributed by atoms with E-state index in [0.717, 1.165) is 36.6 Å². The van der Waals surface area contributed by atoms with Crippen LogP contribution in [0.25, 0.3) is 28.0 Å². The van der Waals surface area contributed by atoms with Gasteiger partial charge in [-0.2, -0.15) is 0 Å². The van der Waals surface area contributed by atoms with Crippen LogP contribution in [0.5, 0.6) is 0 Å². The van der Waals surface area contributed by atoms with Crippen LogP contribution in [-0.2, 0) is 4.74 Å². The Labute approximate surface area is 255 Å². The first-order valence-electron chi connectivity index (χ1n) is 16.0. The molecule has 3 atom stereocenters. The number of amides is 1. The van der Waals surface area contributed by atoms with E-state index in [9.17, 15) is 4.79 Å². The lowest BCUT2D eigenvalue weighted by Gasteiger charge is -2.37. The Balaban J connectivity index is 1.11. The number of carbonyl (C=O) groups is 1. The van der Waals surface area contributed by atoms with Gasteiger partial charge < -0.3 is 15.0 Å². The molecule has 43 heavy (non-hydrogen) atoms. The van der Waals surface area contributed by atoms with E-state index in [2.05, 4.69) is 95.6 Å². The molecule has 2 aromatic carbocycles. The number of nitrogens with zero attached hydrogens (tertiary/aromatic N) is 3. The number of likely N-dealkylation sites (tertiary alicyclic amines) is 1. The number of nitrogens with one attached hydrogen (secondary N) is 2. The lowest BCUT2D eigenvalue weighted by Crippen LogP contribution is -2.55. The van der Waals surface area contributed by atoms with Crippen LogP contribution in [0.1, 0.15) is 76.6 Å². The molecule has 1 aromatic heterocycles. The molecule has 7 heteroatoms. The summed E-state index contributed by atoms with van der Waals surface area (Å²) in [5, 5.41) is 3.07. The van der Waals surface area contributed by atoms with E-state index in [-0.39, 0.29) is 24.2 Å². The van der Waals surface area contributed by atoms with Gasteiger partial charge >= 0.3 is 6.09 Å². The predicted octanol–water partition coefficient (Wildman–Crippen LogP) is 7.47. The summed E-state index contributed by atoms with van der Waals surface area (Å²) in [4.78, 5) is 27.8. The van der Waals surface area contributed by atoms with Gasteiger partial charge in [-0.05, 0) is 79.0 Å². The number of aliphatic imine (C=N–C) groups is 1. The van der Waals surface area contributed by atoms with Gasteiger partial charge in [0.05, 0.1) is 37.3 Å². The molecule has 1 unspecified atom stereocenters. The number of carbonyl (C=O) groups excluding carboxylic acids is 1. The van der Waals surface area contributed by atoms with Gasteiger partial charge in [0.15, 0.2) is 0 Å². The zero-order chi connectivity index (χ0) is 29.9.